The van der Waals surface area contributed by atoms with Crippen LogP contribution in [0.4, 0.5) is 0 Å². The zero-order valence-electron chi connectivity index (χ0n) is 6.41. The third kappa shape index (κ3) is 12.9. The van der Waals surface area contributed by atoms with E-state index < -0.39 is 0 Å². The molecular weight excluding hydrogens is 301 g/mol. The first-order valence-corrected chi connectivity index (χ1v) is 3.71. The zero-order chi connectivity index (χ0) is 6.41. The maximum Gasteiger partial charge on any atom is 0.183 e. The predicted octanol–water partition coefficient (Wildman–Crippen LogP) is 2.05. The van der Waals surface area contributed by atoms with Crippen molar-refractivity contribution in [3.63, 3.8) is 0 Å². The summed E-state index contributed by atoms with van der Waals surface area (Å²) in [6.07, 6.45) is 1.56. The Labute approximate surface area is 114 Å². The Bertz CT molecular complexity index is 72.7. The Kier molecular flexibility index (Phi) is 25.1. The molecule has 0 N–H and O–H groups in total. The summed E-state index contributed by atoms with van der Waals surface area (Å²) in [6, 6.07) is 0. The van der Waals surface area contributed by atoms with E-state index in [1.165, 1.54) is 0 Å². The van der Waals surface area contributed by atoms with E-state index in [0.29, 0.717) is 6.35 Å². The molecule has 0 heterocycles. The SMILES string of the molecule is CCC(C)OCP=O.[Y].[Y]. The first-order chi connectivity index (χ1) is 3.81. The van der Waals surface area contributed by atoms with Crippen LogP contribution in [0.2, 0.25) is 0 Å². The van der Waals surface area contributed by atoms with Crippen LogP contribution in [0.3, 0.4) is 0 Å². The van der Waals surface area contributed by atoms with Gasteiger partial charge in [0.1, 0.15) is 6.35 Å². The monoisotopic (exact) mass is 312 g/mol. The molecular formula is C5H11O2PY2. The summed E-state index contributed by atoms with van der Waals surface area (Å²) in [7, 11) is 0.0772. The molecule has 5 heteroatoms. The fraction of sp³-hybridized carbons (Fsp3) is 1.00. The van der Waals surface area contributed by atoms with Crippen molar-refractivity contribution in [1.82, 2.24) is 0 Å². The summed E-state index contributed by atoms with van der Waals surface area (Å²) >= 11 is 0. The van der Waals surface area contributed by atoms with Crippen LogP contribution in [0, 0.1) is 0 Å². The van der Waals surface area contributed by atoms with Gasteiger partial charge in [-0.2, -0.15) is 0 Å². The topological polar surface area (TPSA) is 26.3 Å². The molecule has 0 saturated carbocycles. The van der Waals surface area contributed by atoms with Crippen molar-refractivity contribution in [2.24, 2.45) is 0 Å². The van der Waals surface area contributed by atoms with Gasteiger partial charge < -0.3 is 4.74 Å². The van der Waals surface area contributed by atoms with Crippen LogP contribution in [-0.2, 0) is 74.7 Å². The van der Waals surface area contributed by atoms with Crippen LogP contribution in [0.1, 0.15) is 20.3 Å². The average molecular weight is 312 g/mol. The van der Waals surface area contributed by atoms with Crippen LogP contribution in [-0.4, -0.2) is 12.5 Å². The summed E-state index contributed by atoms with van der Waals surface area (Å²) in [4.78, 5) is 0. The first-order valence-electron chi connectivity index (χ1n) is 2.72. The third-order valence-electron chi connectivity index (χ3n) is 0.987. The molecule has 54 valence electrons. The third-order valence-corrected chi connectivity index (χ3v) is 1.24. The Morgan fingerprint density at radius 1 is 1.50 bits per heavy atom. The zero-order valence-corrected chi connectivity index (χ0v) is 13.0. The van der Waals surface area contributed by atoms with Crippen molar-refractivity contribution in [3.05, 3.63) is 0 Å². The quantitative estimate of drug-likeness (QED) is 0.743. The summed E-state index contributed by atoms with van der Waals surface area (Å²) in [5.41, 5.74) is 0. The Morgan fingerprint density at radius 3 is 2.30 bits per heavy atom. The van der Waals surface area contributed by atoms with E-state index in [1.807, 2.05) is 13.8 Å². The standard InChI is InChI=1S/C5H11O2P.2Y/c1-3-5(2)7-4-8-6;;/h5H,3-4H2,1-2H3;;. The van der Waals surface area contributed by atoms with Gasteiger partial charge in [0, 0.05) is 65.4 Å². The van der Waals surface area contributed by atoms with E-state index in [4.69, 9.17) is 4.74 Å². The fourth-order valence-electron chi connectivity index (χ4n) is 0.276. The van der Waals surface area contributed by atoms with E-state index in [1.54, 1.807) is 0 Å². The normalized spacial score (nSPS) is 11.4. The second kappa shape index (κ2) is 13.8. The van der Waals surface area contributed by atoms with E-state index in [-0.39, 0.29) is 80.0 Å². The van der Waals surface area contributed by atoms with Crippen LogP contribution >= 0.6 is 8.46 Å². The van der Waals surface area contributed by atoms with Gasteiger partial charge in [0.15, 0.2) is 8.46 Å². The minimum Gasteiger partial charge on any atom is -0.366 e. The average Bonchev–Trinajstić information content (AvgIpc) is 1.83. The van der Waals surface area contributed by atoms with E-state index in [0.717, 1.165) is 6.42 Å². The molecule has 0 rings (SSSR count). The molecule has 0 aromatic carbocycles. The molecule has 0 aliphatic rings. The molecule has 0 fully saturated rings. The van der Waals surface area contributed by atoms with Gasteiger partial charge in [-0.05, 0) is 13.3 Å². The summed E-state index contributed by atoms with van der Waals surface area (Å²) in [6.45, 7) is 4.00. The van der Waals surface area contributed by atoms with Crippen LogP contribution in [0.15, 0.2) is 0 Å². The van der Waals surface area contributed by atoms with Crippen LogP contribution < -0.4 is 0 Å². The number of hydrogen-bond acceptors (Lipinski definition) is 2. The minimum atomic E-state index is 0. The van der Waals surface area contributed by atoms with Crippen molar-refractivity contribution >= 4 is 8.46 Å². The van der Waals surface area contributed by atoms with E-state index in [9.17, 15) is 4.57 Å². The molecule has 1 atom stereocenters. The molecule has 1 unspecified atom stereocenters. The molecule has 0 aliphatic carbocycles. The van der Waals surface area contributed by atoms with Gasteiger partial charge in [0.25, 0.3) is 0 Å². The molecule has 0 aromatic rings. The van der Waals surface area contributed by atoms with Crippen molar-refractivity contribution < 1.29 is 74.7 Å². The maximum absolute atomic E-state index is 9.80. The molecule has 2 nitrogen and oxygen atoms in total. The van der Waals surface area contributed by atoms with Crippen LogP contribution in [0.5, 0.6) is 0 Å². The first kappa shape index (κ1) is 18.1. The fourth-order valence-corrected chi connectivity index (χ4v) is 0.591. The molecule has 0 spiro atoms. The van der Waals surface area contributed by atoms with Crippen LogP contribution in [0.25, 0.3) is 0 Å². The molecule has 0 aromatic heterocycles. The van der Waals surface area contributed by atoms with Gasteiger partial charge in [-0.3, -0.25) is 4.57 Å². The van der Waals surface area contributed by atoms with E-state index >= 15 is 0 Å². The summed E-state index contributed by atoms with van der Waals surface area (Å²) in [5.74, 6) is 0. The molecule has 0 amide bonds. The minimum absolute atomic E-state index is 0. The largest absolute Gasteiger partial charge is 0.366 e. The number of rotatable bonds is 4. The smallest absolute Gasteiger partial charge is 0.183 e. The molecule has 0 bridgehead atoms. The predicted molar refractivity (Wildman–Crippen MR) is 33.3 cm³/mol. The molecule has 2 radical (unpaired) electrons. The maximum atomic E-state index is 9.80. The Balaban J connectivity index is -0.000000245. The number of ether oxygens (including phenoxy) is 1. The second-order valence-electron chi connectivity index (χ2n) is 1.64. The Hall–Kier alpha value is 2.27. The Morgan fingerprint density at radius 2 is 2.00 bits per heavy atom. The molecule has 10 heavy (non-hydrogen) atoms. The number of hydrogen-bond donors (Lipinski definition) is 0. The van der Waals surface area contributed by atoms with Gasteiger partial charge in [-0.1, -0.05) is 6.92 Å². The van der Waals surface area contributed by atoms with Crippen molar-refractivity contribution in [3.8, 4) is 0 Å². The second-order valence-corrected chi connectivity index (χ2v) is 2.16. The molecule has 0 aliphatic heterocycles. The summed E-state index contributed by atoms with van der Waals surface area (Å²) in [5, 5.41) is 0. The van der Waals surface area contributed by atoms with Gasteiger partial charge in [0.05, 0.1) is 6.10 Å². The van der Waals surface area contributed by atoms with Crippen molar-refractivity contribution in [2.75, 3.05) is 6.35 Å². The van der Waals surface area contributed by atoms with Crippen molar-refractivity contribution in [2.45, 2.75) is 26.4 Å². The molecule has 0 saturated heterocycles. The van der Waals surface area contributed by atoms with Gasteiger partial charge in [-0.25, -0.2) is 0 Å². The van der Waals surface area contributed by atoms with Gasteiger partial charge >= 0.3 is 0 Å². The summed E-state index contributed by atoms with van der Waals surface area (Å²) < 4.78 is 14.8. The van der Waals surface area contributed by atoms with Gasteiger partial charge in [-0.15, -0.1) is 0 Å². The van der Waals surface area contributed by atoms with Crippen molar-refractivity contribution in [1.29, 1.82) is 0 Å². The van der Waals surface area contributed by atoms with Gasteiger partial charge in [0.2, 0.25) is 0 Å². The van der Waals surface area contributed by atoms with E-state index in [2.05, 4.69) is 0 Å².